The molecule has 2 aromatic rings. The zero-order chi connectivity index (χ0) is 18.3. The second kappa shape index (κ2) is 6.79. The molecule has 0 bridgehead atoms. The van der Waals surface area contributed by atoms with Gasteiger partial charge < -0.3 is 4.90 Å². The van der Waals surface area contributed by atoms with Crippen molar-refractivity contribution in [3.8, 4) is 0 Å². The van der Waals surface area contributed by atoms with E-state index in [9.17, 15) is 4.79 Å². The van der Waals surface area contributed by atoms with Crippen LogP contribution in [0.25, 0.3) is 0 Å². The average Bonchev–Trinajstić information content (AvgIpc) is 3.17. The van der Waals surface area contributed by atoms with E-state index >= 15 is 0 Å². The number of fused-ring (bicyclic) bond motifs is 1. The molecule has 2 aliphatic heterocycles. The van der Waals surface area contributed by atoms with Crippen LogP contribution in [0.5, 0.6) is 0 Å². The summed E-state index contributed by atoms with van der Waals surface area (Å²) in [5, 5.41) is 0. The van der Waals surface area contributed by atoms with Crippen LogP contribution < -0.4 is 10.5 Å². The van der Waals surface area contributed by atoms with Gasteiger partial charge in [0.2, 0.25) is 0 Å². The highest BCUT2D eigenvalue weighted by Crippen LogP contribution is 2.34. The van der Waals surface area contributed by atoms with Crippen molar-refractivity contribution in [2.45, 2.75) is 26.3 Å². The Morgan fingerprint density at radius 3 is 2.54 bits per heavy atom. The van der Waals surface area contributed by atoms with Gasteiger partial charge in [0.1, 0.15) is 18.0 Å². The summed E-state index contributed by atoms with van der Waals surface area (Å²) >= 11 is 0. The van der Waals surface area contributed by atoms with Gasteiger partial charge in [-0.1, -0.05) is 13.8 Å². The fourth-order valence-corrected chi connectivity index (χ4v) is 4.12. The molecule has 2 unspecified atom stereocenters. The Morgan fingerprint density at radius 1 is 1.12 bits per heavy atom. The highest BCUT2D eigenvalue weighted by Gasteiger charge is 2.40. The Hall–Kier alpha value is -2.28. The first-order valence-corrected chi connectivity index (χ1v) is 9.31. The van der Waals surface area contributed by atoms with Crippen LogP contribution in [0, 0.1) is 11.8 Å². The number of aromatic nitrogens is 4. The zero-order valence-corrected chi connectivity index (χ0v) is 15.7. The number of likely N-dealkylation sites (tertiary alicyclic amines) is 1. The van der Waals surface area contributed by atoms with Crippen LogP contribution in [-0.4, -0.2) is 50.6 Å². The summed E-state index contributed by atoms with van der Waals surface area (Å²) in [7, 11) is 1.80. The number of anilines is 1. The predicted molar refractivity (Wildman–Crippen MR) is 100 cm³/mol. The SMILES string of the molecule is CC(C)c1cc(N2CC3CN(Cc4nccc(=O)n4C)CC3C2)ncn1. The highest BCUT2D eigenvalue weighted by atomic mass is 16.1. The molecule has 2 aliphatic rings. The van der Waals surface area contributed by atoms with Gasteiger partial charge in [0.25, 0.3) is 5.56 Å². The molecular weight excluding hydrogens is 328 g/mol. The molecule has 4 heterocycles. The molecule has 0 N–H and O–H groups in total. The monoisotopic (exact) mass is 354 g/mol. The van der Waals surface area contributed by atoms with Crippen molar-refractivity contribution in [3.05, 3.63) is 46.5 Å². The molecule has 0 radical (unpaired) electrons. The van der Waals surface area contributed by atoms with E-state index in [2.05, 4.69) is 44.7 Å². The minimum Gasteiger partial charge on any atom is -0.356 e. The van der Waals surface area contributed by atoms with E-state index in [4.69, 9.17) is 0 Å². The Bertz CT molecular complexity index is 834. The lowest BCUT2D eigenvalue weighted by molar-refractivity contribution is 0.295. The van der Waals surface area contributed by atoms with Crippen LogP contribution in [-0.2, 0) is 13.6 Å². The number of nitrogens with zero attached hydrogens (tertiary/aromatic N) is 6. The maximum atomic E-state index is 11.8. The standard InChI is InChI=1S/C19H26N6O/c1-13(2)16-6-17(22-12-21-16)25-9-14-7-24(8-15(14)10-25)11-18-20-5-4-19(26)23(18)3/h4-6,12-15H,7-11H2,1-3H3. The average molecular weight is 354 g/mol. The maximum absolute atomic E-state index is 11.8. The van der Waals surface area contributed by atoms with Gasteiger partial charge in [-0.05, 0) is 17.8 Å². The van der Waals surface area contributed by atoms with Gasteiger partial charge in [0, 0.05) is 57.3 Å². The molecule has 2 atom stereocenters. The van der Waals surface area contributed by atoms with Crippen LogP contribution in [0.4, 0.5) is 5.82 Å². The van der Waals surface area contributed by atoms with E-state index < -0.39 is 0 Å². The van der Waals surface area contributed by atoms with E-state index in [0.29, 0.717) is 17.8 Å². The minimum atomic E-state index is 0.00489. The lowest BCUT2D eigenvalue weighted by Gasteiger charge is -2.23. The maximum Gasteiger partial charge on any atom is 0.253 e. The van der Waals surface area contributed by atoms with Crippen molar-refractivity contribution in [2.24, 2.45) is 18.9 Å². The summed E-state index contributed by atoms with van der Waals surface area (Å²) in [4.78, 5) is 29.8. The van der Waals surface area contributed by atoms with Gasteiger partial charge in [-0.15, -0.1) is 0 Å². The highest BCUT2D eigenvalue weighted by molar-refractivity contribution is 5.41. The van der Waals surface area contributed by atoms with Gasteiger partial charge >= 0.3 is 0 Å². The van der Waals surface area contributed by atoms with E-state index in [-0.39, 0.29) is 5.56 Å². The summed E-state index contributed by atoms with van der Waals surface area (Å²) in [6.45, 7) is 9.24. The van der Waals surface area contributed by atoms with Crippen molar-refractivity contribution in [3.63, 3.8) is 0 Å². The first-order chi connectivity index (χ1) is 12.5. The summed E-state index contributed by atoms with van der Waals surface area (Å²) in [5.74, 6) is 3.60. The van der Waals surface area contributed by atoms with E-state index in [1.807, 2.05) is 0 Å². The van der Waals surface area contributed by atoms with Gasteiger partial charge in [0.05, 0.1) is 6.54 Å². The van der Waals surface area contributed by atoms with Crippen LogP contribution in [0.15, 0.2) is 29.5 Å². The van der Waals surface area contributed by atoms with Crippen LogP contribution >= 0.6 is 0 Å². The Kier molecular flexibility index (Phi) is 4.48. The van der Waals surface area contributed by atoms with Gasteiger partial charge in [-0.2, -0.15) is 0 Å². The lowest BCUT2D eigenvalue weighted by Crippen LogP contribution is -2.31. The van der Waals surface area contributed by atoms with Crippen LogP contribution in [0.1, 0.15) is 31.3 Å². The largest absolute Gasteiger partial charge is 0.356 e. The zero-order valence-electron chi connectivity index (χ0n) is 15.7. The minimum absolute atomic E-state index is 0.00489. The first-order valence-electron chi connectivity index (χ1n) is 9.31. The third-order valence-corrected chi connectivity index (χ3v) is 5.67. The fourth-order valence-electron chi connectivity index (χ4n) is 4.12. The Morgan fingerprint density at radius 2 is 1.85 bits per heavy atom. The quantitative estimate of drug-likeness (QED) is 0.824. The van der Waals surface area contributed by atoms with Gasteiger partial charge in [-0.25, -0.2) is 15.0 Å². The summed E-state index contributed by atoms with van der Waals surface area (Å²) in [6, 6.07) is 3.64. The third kappa shape index (κ3) is 3.23. The fraction of sp³-hybridized carbons (Fsp3) is 0.579. The molecule has 26 heavy (non-hydrogen) atoms. The molecule has 0 amide bonds. The molecule has 2 saturated heterocycles. The van der Waals surface area contributed by atoms with Crippen molar-refractivity contribution in [1.82, 2.24) is 24.4 Å². The molecule has 7 nitrogen and oxygen atoms in total. The molecule has 0 aliphatic carbocycles. The summed E-state index contributed by atoms with van der Waals surface area (Å²) in [5.41, 5.74) is 1.11. The molecule has 7 heteroatoms. The van der Waals surface area contributed by atoms with Gasteiger partial charge in [0.15, 0.2) is 0 Å². The molecule has 0 aromatic carbocycles. The Balaban J connectivity index is 1.40. The number of rotatable bonds is 4. The normalized spacial score (nSPS) is 23.0. The molecule has 2 aromatic heterocycles. The predicted octanol–water partition coefficient (Wildman–Crippen LogP) is 1.26. The topological polar surface area (TPSA) is 67.2 Å². The summed E-state index contributed by atoms with van der Waals surface area (Å²) < 4.78 is 1.65. The first kappa shape index (κ1) is 17.1. The van der Waals surface area contributed by atoms with Crippen LogP contribution in [0.2, 0.25) is 0 Å². The number of hydrogen-bond donors (Lipinski definition) is 0. The van der Waals surface area contributed by atoms with Crippen molar-refractivity contribution in [1.29, 1.82) is 0 Å². The smallest absolute Gasteiger partial charge is 0.253 e. The molecule has 0 spiro atoms. The second-order valence-corrected chi connectivity index (χ2v) is 7.83. The number of hydrogen-bond acceptors (Lipinski definition) is 6. The molecule has 0 saturated carbocycles. The van der Waals surface area contributed by atoms with E-state index in [0.717, 1.165) is 50.1 Å². The lowest BCUT2D eigenvalue weighted by atomic mass is 10.0. The van der Waals surface area contributed by atoms with Crippen molar-refractivity contribution in [2.75, 3.05) is 31.1 Å². The second-order valence-electron chi connectivity index (χ2n) is 7.83. The molecule has 2 fully saturated rings. The van der Waals surface area contributed by atoms with E-state index in [1.165, 1.54) is 6.07 Å². The van der Waals surface area contributed by atoms with E-state index in [1.54, 1.807) is 24.1 Å². The summed E-state index contributed by atoms with van der Waals surface area (Å²) in [6.07, 6.45) is 3.30. The third-order valence-electron chi connectivity index (χ3n) is 5.67. The Labute approximate surface area is 153 Å². The van der Waals surface area contributed by atoms with Crippen molar-refractivity contribution < 1.29 is 0 Å². The van der Waals surface area contributed by atoms with Crippen LogP contribution in [0.3, 0.4) is 0 Å². The van der Waals surface area contributed by atoms with Gasteiger partial charge in [-0.3, -0.25) is 14.3 Å². The molecule has 4 rings (SSSR count). The molecular formula is C19H26N6O. The van der Waals surface area contributed by atoms with Crippen molar-refractivity contribution >= 4 is 5.82 Å². The molecule has 138 valence electrons.